The van der Waals surface area contributed by atoms with Crippen molar-refractivity contribution in [3.63, 3.8) is 0 Å². The van der Waals surface area contributed by atoms with Crippen LogP contribution in [0.5, 0.6) is 11.5 Å². The fourth-order valence-corrected chi connectivity index (χ4v) is 4.84. The lowest BCUT2D eigenvalue weighted by atomic mass is 10.1. The SMILES string of the molecule is COc1ccc(COc2ccc(-c3cc4c(s3)c(=O)ncn4Cc3ccc(Cl)cc3)cc2)cc1. The molecule has 5 rings (SSSR count). The summed E-state index contributed by atoms with van der Waals surface area (Å²) >= 11 is 7.46. The van der Waals surface area contributed by atoms with Crippen LogP contribution in [0.4, 0.5) is 0 Å². The van der Waals surface area contributed by atoms with Gasteiger partial charge >= 0.3 is 0 Å². The monoisotopic (exact) mass is 488 g/mol. The molecule has 3 aromatic carbocycles. The van der Waals surface area contributed by atoms with E-state index in [1.165, 1.54) is 11.3 Å². The number of ether oxygens (including phenoxy) is 2. The van der Waals surface area contributed by atoms with Crippen molar-refractivity contribution in [3.8, 4) is 21.9 Å². The first kappa shape index (κ1) is 22.2. The van der Waals surface area contributed by atoms with Crippen molar-refractivity contribution in [1.29, 1.82) is 0 Å². The maximum atomic E-state index is 12.4. The molecule has 0 N–H and O–H groups in total. The topological polar surface area (TPSA) is 53.4 Å². The molecule has 0 aliphatic carbocycles. The molecule has 0 fully saturated rings. The minimum atomic E-state index is -0.210. The van der Waals surface area contributed by atoms with Gasteiger partial charge in [-0.2, -0.15) is 4.98 Å². The van der Waals surface area contributed by atoms with Crippen LogP contribution in [0.25, 0.3) is 20.7 Å². The first-order valence-electron chi connectivity index (χ1n) is 10.7. The van der Waals surface area contributed by atoms with Crippen molar-refractivity contribution in [1.82, 2.24) is 9.55 Å². The second-order valence-electron chi connectivity index (χ2n) is 7.79. The third kappa shape index (κ3) is 4.83. The van der Waals surface area contributed by atoms with Crippen molar-refractivity contribution in [2.24, 2.45) is 0 Å². The number of hydrogen-bond acceptors (Lipinski definition) is 5. The highest BCUT2D eigenvalue weighted by Gasteiger charge is 2.12. The van der Waals surface area contributed by atoms with Crippen LogP contribution in [0, 0.1) is 0 Å². The van der Waals surface area contributed by atoms with E-state index in [2.05, 4.69) is 4.98 Å². The van der Waals surface area contributed by atoms with Gasteiger partial charge in [-0.05, 0) is 71.3 Å². The Labute approximate surface area is 205 Å². The Bertz CT molecular complexity index is 1470. The highest BCUT2D eigenvalue weighted by molar-refractivity contribution is 7.22. The molecule has 5 aromatic rings. The van der Waals surface area contributed by atoms with E-state index in [9.17, 15) is 4.79 Å². The van der Waals surface area contributed by atoms with Crippen molar-refractivity contribution in [2.45, 2.75) is 13.2 Å². The lowest BCUT2D eigenvalue weighted by molar-refractivity contribution is 0.306. The molecule has 0 saturated heterocycles. The van der Waals surface area contributed by atoms with E-state index in [1.807, 2.05) is 83.4 Å². The van der Waals surface area contributed by atoms with E-state index < -0.39 is 0 Å². The molecule has 0 aliphatic rings. The van der Waals surface area contributed by atoms with Gasteiger partial charge in [0.1, 0.15) is 22.8 Å². The molecule has 0 unspecified atom stereocenters. The van der Waals surface area contributed by atoms with E-state index in [0.29, 0.717) is 22.9 Å². The largest absolute Gasteiger partial charge is 0.497 e. The Kier molecular flexibility index (Phi) is 6.34. The predicted molar refractivity (Wildman–Crippen MR) is 137 cm³/mol. The van der Waals surface area contributed by atoms with Crippen LogP contribution in [0.15, 0.2) is 90.0 Å². The van der Waals surface area contributed by atoms with Gasteiger partial charge in [0.25, 0.3) is 5.56 Å². The number of benzene rings is 3. The predicted octanol–water partition coefficient (Wildman–Crippen LogP) is 6.41. The van der Waals surface area contributed by atoms with Crippen LogP contribution < -0.4 is 15.0 Å². The van der Waals surface area contributed by atoms with Gasteiger partial charge in [-0.15, -0.1) is 11.3 Å². The molecule has 34 heavy (non-hydrogen) atoms. The zero-order valence-corrected chi connectivity index (χ0v) is 20.0. The Morgan fingerprint density at radius 2 is 1.59 bits per heavy atom. The average Bonchev–Trinajstić information content (AvgIpc) is 3.33. The minimum absolute atomic E-state index is 0.210. The summed E-state index contributed by atoms with van der Waals surface area (Å²) in [5.41, 5.74) is 3.83. The number of hydrogen-bond donors (Lipinski definition) is 0. The van der Waals surface area contributed by atoms with Crippen LogP contribution in [0.2, 0.25) is 5.02 Å². The van der Waals surface area contributed by atoms with Crippen LogP contribution in [0.1, 0.15) is 11.1 Å². The summed E-state index contributed by atoms with van der Waals surface area (Å²) in [6, 6.07) is 25.4. The van der Waals surface area contributed by atoms with Crippen LogP contribution in [-0.4, -0.2) is 16.7 Å². The smallest absolute Gasteiger partial charge is 0.290 e. The highest BCUT2D eigenvalue weighted by Crippen LogP contribution is 2.33. The lowest BCUT2D eigenvalue weighted by Crippen LogP contribution is -2.11. The van der Waals surface area contributed by atoms with Gasteiger partial charge in [-0.1, -0.05) is 35.9 Å². The van der Waals surface area contributed by atoms with Gasteiger partial charge in [0, 0.05) is 16.4 Å². The van der Waals surface area contributed by atoms with E-state index in [-0.39, 0.29) is 5.56 Å². The fourth-order valence-electron chi connectivity index (χ4n) is 3.65. The Morgan fingerprint density at radius 3 is 2.29 bits per heavy atom. The summed E-state index contributed by atoms with van der Waals surface area (Å²) in [5, 5.41) is 0.696. The third-order valence-electron chi connectivity index (χ3n) is 5.50. The Morgan fingerprint density at radius 1 is 0.912 bits per heavy atom. The lowest BCUT2D eigenvalue weighted by Gasteiger charge is -2.08. The number of aromatic nitrogens is 2. The number of thiophene rings is 1. The van der Waals surface area contributed by atoms with Crippen LogP contribution in [0.3, 0.4) is 0 Å². The summed E-state index contributed by atoms with van der Waals surface area (Å²) in [7, 11) is 1.65. The third-order valence-corrected chi connectivity index (χ3v) is 6.91. The van der Waals surface area contributed by atoms with E-state index in [0.717, 1.165) is 38.6 Å². The number of methoxy groups -OCH3 is 1. The number of fused-ring (bicyclic) bond motifs is 1. The van der Waals surface area contributed by atoms with Gasteiger partial charge in [0.2, 0.25) is 0 Å². The molecule has 0 saturated carbocycles. The fraction of sp³-hybridized carbons (Fsp3) is 0.111. The standard InChI is InChI=1S/C27H21ClN2O3S/c1-32-22-10-4-19(5-11-22)16-33-23-12-6-20(7-13-23)25-14-24-26(34-25)27(31)29-17-30(24)15-18-2-8-21(28)9-3-18/h2-14,17H,15-16H2,1H3. The molecule has 0 atom stereocenters. The Balaban J connectivity index is 1.35. The quantitative estimate of drug-likeness (QED) is 0.265. The second-order valence-corrected chi connectivity index (χ2v) is 9.28. The number of nitrogens with zero attached hydrogens (tertiary/aromatic N) is 2. The molecular formula is C27H21ClN2O3S. The van der Waals surface area contributed by atoms with E-state index >= 15 is 0 Å². The number of halogens is 1. The molecule has 2 heterocycles. The summed E-state index contributed by atoms with van der Waals surface area (Å²) in [5.74, 6) is 1.60. The maximum Gasteiger partial charge on any atom is 0.290 e. The molecule has 2 aromatic heterocycles. The summed E-state index contributed by atoms with van der Waals surface area (Å²) in [6.45, 7) is 1.08. The summed E-state index contributed by atoms with van der Waals surface area (Å²) in [6.07, 6.45) is 1.60. The molecule has 0 spiro atoms. The first-order valence-corrected chi connectivity index (χ1v) is 11.9. The summed E-state index contributed by atoms with van der Waals surface area (Å²) in [4.78, 5) is 17.5. The molecule has 170 valence electrons. The molecular weight excluding hydrogens is 468 g/mol. The van der Waals surface area contributed by atoms with Gasteiger partial charge in [0.15, 0.2) is 0 Å². The van der Waals surface area contributed by atoms with Crippen molar-refractivity contribution < 1.29 is 9.47 Å². The van der Waals surface area contributed by atoms with Crippen LogP contribution in [-0.2, 0) is 13.2 Å². The first-order chi connectivity index (χ1) is 16.6. The van der Waals surface area contributed by atoms with Gasteiger partial charge in [-0.25, -0.2) is 0 Å². The zero-order valence-electron chi connectivity index (χ0n) is 18.4. The van der Waals surface area contributed by atoms with Gasteiger partial charge in [0.05, 0.1) is 19.0 Å². The molecule has 0 radical (unpaired) electrons. The molecule has 0 aliphatic heterocycles. The van der Waals surface area contributed by atoms with E-state index in [1.54, 1.807) is 13.4 Å². The highest BCUT2D eigenvalue weighted by atomic mass is 35.5. The number of rotatable bonds is 7. The van der Waals surface area contributed by atoms with Gasteiger partial charge < -0.3 is 14.0 Å². The molecule has 5 nitrogen and oxygen atoms in total. The minimum Gasteiger partial charge on any atom is -0.497 e. The second kappa shape index (κ2) is 9.71. The van der Waals surface area contributed by atoms with Crippen molar-refractivity contribution >= 4 is 33.2 Å². The van der Waals surface area contributed by atoms with Crippen molar-refractivity contribution in [2.75, 3.05) is 7.11 Å². The Hall–Kier alpha value is -3.61. The summed E-state index contributed by atoms with van der Waals surface area (Å²) < 4.78 is 13.7. The van der Waals surface area contributed by atoms with Crippen LogP contribution >= 0.6 is 22.9 Å². The molecule has 0 amide bonds. The van der Waals surface area contributed by atoms with Crippen molar-refractivity contribution in [3.05, 3.63) is 112 Å². The molecule has 0 bridgehead atoms. The average molecular weight is 489 g/mol. The van der Waals surface area contributed by atoms with Gasteiger partial charge in [-0.3, -0.25) is 4.79 Å². The zero-order chi connectivity index (χ0) is 23.5. The molecule has 7 heteroatoms. The van der Waals surface area contributed by atoms with E-state index in [4.69, 9.17) is 21.1 Å². The maximum absolute atomic E-state index is 12.4. The normalized spacial score (nSPS) is 11.0.